The van der Waals surface area contributed by atoms with Crippen molar-refractivity contribution >= 4 is 11.9 Å². The van der Waals surface area contributed by atoms with Crippen molar-refractivity contribution in [2.45, 2.75) is 225 Å². The van der Waals surface area contributed by atoms with Gasteiger partial charge in [-0.05, 0) is 12.8 Å². The van der Waals surface area contributed by atoms with Crippen LogP contribution in [0.15, 0.2) is 0 Å². The van der Waals surface area contributed by atoms with Gasteiger partial charge < -0.3 is 30.3 Å². The summed E-state index contributed by atoms with van der Waals surface area (Å²) in [6.07, 6.45) is 39.4. The molecule has 0 aromatic carbocycles. The zero-order valence-electron chi connectivity index (χ0n) is 32.5. The average molecular weight is 705 g/mol. The van der Waals surface area contributed by atoms with Crippen molar-refractivity contribution in [3.63, 3.8) is 0 Å². The monoisotopic (exact) mass is 705 g/mol. The van der Waals surface area contributed by atoms with E-state index in [0.29, 0.717) is 12.8 Å². The van der Waals surface area contributed by atoms with Gasteiger partial charge in [-0.3, -0.25) is 9.59 Å². The molecule has 0 spiro atoms. The van der Waals surface area contributed by atoms with Gasteiger partial charge in [0, 0.05) is 12.8 Å². The van der Waals surface area contributed by atoms with E-state index in [9.17, 15) is 9.59 Å². The Bertz CT molecular complexity index is 564. The van der Waals surface area contributed by atoms with Crippen molar-refractivity contribution in [3.05, 3.63) is 0 Å². The Balaban J connectivity index is -0.000000686. The number of aliphatic hydroxyl groups is 3. The summed E-state index contributed by atoms with van der Waals surface area (Å²) in [7, 11) is 0. The molecule has 0 unspecified atom stereocenters. The van der Waals surface area contributed by atoms with Crippen LogP contribution < -0.4 is 0 Å². The third-order valence-electron chi connectivity index (χ3n) is 8.61. The number of aliphatic hydroxyl groups excluding tert-OH is 3. The fourth-order valence-corrected chi connectivity index (χ4v) is 5.35. The van der Waals surface area contributed by atoms with Gasteiger partial charge in [0.25, 0.3) is 0 Å². The molecule has 1 aliphatic rings. The molecule has 1 rings (SSSR count). The van der Waals surface area contributed by atoms with Gasteiger partial charge in [-0.2, -0.15) is 0 Å². The largest absolute Gasteiger partial charge is 0.481 e. The second kappa shape index (κ2) is 48.9. The van der Waals surface area contributed by atoms with Crippen molar-refractivity contribution in [2.75, 3.05) is 26.4 Å². The Labute approximate surface area is 303 Å². The van der Waals surface area contributed by atoms with Gasteiger partial charge in [-0.1, -0.05) is 194 Å². The Hall–Kier alpha value is -1.22. The summed E-state index contributed by atoms with van der Waals surface area (Å²) in [5.41, 5.74) is 0. The van der Waals surface area contributed by atoms with E-state index in [1.807, 2.05) is 0 Å². The first-order valence-electron chi connectivity index (χ1n) is 20.8. The van der Waals surface area contributed by atoms with Crippen LogP contribution in [0.4, 0.5) is 0 Å². The first kappa shape index (κ1) is 52.1. The first-order chi connectivity index (χ1) is 23.8. The number of carboxylic acid groups (broad SMARTS) is 2. The lowest BCUT2D eigenvalue weighted by Gasteiger charge is -2.03. The molecule has 1 heterocycles. The lowest BCUT2D eigenvalue weighted by atomic mass is 10.0. The lowest BCUT2D eigenvalue weighted by molar-refractivity contribution is -0.138. The molecule has 0 aliphatic carbocycles. The summed E-state index contributed by atoms with van der Waals surface area (Å²) in [5.74, 6) is -1.31. The number of carbonyl (C=O) groups is 2. The van der Waals surface area contributed by atoms with Crippen LogP contribution >= 0.6 is 0 Å². The minimum Gasteiger partial charge on any atom is -0.481 e. The Morgan fingerprint density at radius 2 is 0.612 bits per heavy atom. The summed E-state index contributed by atoms with van der Waals surface area (Å²) in [6.45, 7) is 5.81. The highest BCUT2D eigenvalue weighted by Gasteiger charge is 1.99. The molecule has 0 amide bonds. The van der Waals surface area contributed by atoms with E-state index in [0.717, 1.165) is 38.9 Å². The standard InChI is InChI=1S/2C18H36O2.C3H8O3.C2H4O/c2*1-2-3-4-5-6-7-8-9-10-11-12-13-14-15-16-17-18(19)20;4-1-3(6)2-5;1-2-3-1/h2*2-17H2,1H3,(H,19,20);3-6H,1-2H2;1-2H2. The average Bonchev–Trinajstić information content (AvgIpc) is 3.98. The van der Waals surface area contributed by atoms with E-state index in [-0.39, 0.29) is 13.2 Å². The van der Waals surface area contributed by atoms with Gasteiger partial charge in [-0.15, -0.1) is 0 Å². The van der Waals surface area contributed by atoms with Gasteiger partial charge in [0.2, 0.25) is 0 Å². The molecule has 1 fully saturated rings. The van der Waals surface area contributed by atoms with E-state index in [1.54, 1.807) is 0 Å². The smallest absolute Gasteiger partial charge is 0.303 e. The number of ether oxygens (including phenoxy) is 1. The minimum absolute atomic E-state index is 0.345. The SMILES string of the molecule is C1CO1.CCCCCCCCCCCCCCCCCC(=O)O.CCCCCCCCCCCCCCCCCC(=O)O.OCC(O)CO. The molecule has 0 aromatic rings. The third-order valence-corrected chi connectivity index (χ3v) is 8.61. The zero-order valence-corrected chi connectivity index (χ0v) is 32.5. The van der Waals surface area contributed by atoms with Crippen molar-refractivity contribution in [1.29, 1.82) is 0 Å². The molecule has 1 saturated heterocycles. The highest BCUT2D eigenvalue weighted by molar-refractivity contribution is 5.66. The minimum atomic E-state index is -0.954. The molecular formula is C41H84O8. The van der Waals surface area contributed by atoms with E-state index < -0.39 is 18.0 Å². The quantitative estimate of drug-likeness (QED) is 0.0328. The Kier molecular flexibility index (Phi) is 52.0. The van der Waals surface area contributed by atoms with Crippen LogP contribution in [0.3, 0.4) is 0 Å². The third kappa shape index (κ3) is 65.7. The van der Waals surface area contributed by atoms with Gasteiger partial charge in [0.05, 0.1) is 26.4 Å². The number of hydrogen-bond donors (Lipinski definition) is 5. The maximum atomic E-state index is 10.3. The zero-order chi connectivity index (χ0) is 36.9. The van der Waals surface area contributed by atoms with E-state index >= 15 is 0 Å². The van der Waals surface area contributed by atoms with Gasteiger partial charge in [0.1, 0.15) is 6.10 Å². The van der Waals surface area contributed by atoms with Crippen molar-refractivity contribution in [3.8, 4) is 0 Å². The number of rotatable bonds is 34. The molecule has 0 aromatic heterocycles. The molecule has 1 aliphatic heterocycles. The van der Waals surface area contributed by atoms with Crippen LogP contribution in [0.5, 0.6) is 0 Å². The predicted octanol–water partition coefficient (Wildman–Crippen LogP) is 11.0. The molecule has 0 bridgehead atoms. The van der Waals surface area contributed by atoms with Crippen LogP contribution in [-0.2, 0) is 14.3 Å². The highest BCUT2D eigenvalue weighted by Crippen LogP contribution is 2.15. The summed E-state index contributed by atoms with van der Waals surface area (Å²) in [5, 5.41) is 41.1. The van der Waals surface area contributed by atoms with Crippen LogP contribution in [-0.4, -0.2) is 70.0 Å². The molecule has 0 atom stereocenters. The summed E-state index contributed by atoms with van der Waals surface area (Å²) >= 11 is 0. The van der Waals surface area contributed by atoms with Gasteiger partial charge in [0.15, 0.2) is 0 Å². The predicted molar refractivity (Wildman–Crippen MR) is 205 cm³/mol. The van der Waals surface area contributed by atoms with E-state index in [1.165, 1.54) is 167 Å². The topological polar surface area (TPSA) is 148 Å². The summed E-state index contributed by atoms with van der Waals surface area (Å²) in [4.78, 5) is 20.7. The molecule has 49 heavy (non-hydrogen) atoms. The molecule has 296 valence electrons. The highest BCUT2D eigenvalue weighted by atomic mass is 16.6. The second-order valence-electron chi connectivity index (χ2n) is 13.8. The van der Waals surface area contributed by atoms with Crippen LogP contribution in [0.2, 0.25) is 0 Å². The van der Waals surface area contributed by atoms with Crippen molar-refractivity contribution in [2.24, 2.45) is 0 Å². The summed E-state index contributed by atoms with van der Waals surface area (Å²) < 4.78 is 4.50. The molecule has 8 nitrogen and oxygen atoms in total. The molecule has 8 heteroatoms. The van der Waals surface area contributed by atoms with Crippen molar-refractivity contribution < 1.29 is 39.9 Å². The molecule has 5 N–H and O–H groups in total. The van der Waals surface area contributed by atoms with Crippen LogP contribution in [0, 0.1) is 0 Å². The lowest BCUT2D eigenvalue weighted by Crippen LogP contribution is -2.15. The number of carboxylic acids is 2. The van der Waals surface area contributed by atoms with Crippen molar-refractivity contribution in [1.82, 2.24) is 0 Å². The fraction of sp³-hybridized carbons (Fsp3) is 0.951. The second-order valence-corrected chi connectivity index (χ2v) is 13.8. The molecule has 0 radical (unpaired) electrons. The van der Waals surface area contributed by atoms with Gasteiger partial charge >= 0.3 is 11.9 Å². The van der Waals surface area contributed by atoms with E-state index in [2.05, 4.69) is 18.6 Å². The number of unbranched alkanes of at least 4 members (excludes halogenated alkanes) is 28. The number of epoxide rings is 1. The Morgan fingerprint density at radius 1 is 0.429 bits per heavy atom. The maximum Gasteiger partial charge on any atom is 0.303 e. The van der Waals surface area contributed by atoms with Gasteiger partial charge in [-0.25, -0.2) is 0 Å². The maximum absolute atomic E-state index is 10.3. The first-order valence-corrected chi connectivity index (χ1v) is 20.8. The van der Waals surface area contributed by atoms with Crippen LogP contribution in [0.1, 0.15) is 219 Å². The molecule has 0 saturated carbocycles. The fourth-order valence-electron chi connectivity index (χ4n) is 5.35. The number of hydrogen-bond acceptors (Lipinski definition) is 6. The van der Waals surface area contributed by atoms with E-state index in [4.69, 9.17) is 25.5 Å². The normalized spacial score (nSPS) is 11.6. The molecular weight excluding hydrogens is 620 g/mol. The van der Waals surface area contributed by atoms with Crippen LogP contribution in [0.25, 0.3) is 0 Å². The Morgan fingerprint density at radius 3 is 0.735 bits per heavy atom. The summed E-state index contributed by atoms with van der Waals surface area (Å²) in [6, 6.07) is 0. The number of aliphatic carboxylic acids is 2.